The van der Waals surface area contributed by atoms with Crippen LogP contribution < -0.4 is 5.73 Å². The van der Waals surface area contributed by atoms with Crippen molar-refractivity contribution in [2.45, 2.75) is 31.4 Å². The van der Waals surface area contributed by atoms with Crippen molar-refractivity contribution in [3.63, 3.8) is 0 Å². The highest BCUT2D eigenvalue weighted by Crippen LogP contribution is 2.12. The fraction of sp³-hybridized carbons (Fsp3) is 0.875. The topological polar surface area (TPSA) is 63.3 Å². The predicted molar refractivity (Wildman–Crippen MR) is 52.5 cm³/mol. The van der Waals surface area contributed by atoms with Crippen LogP contribution in [-0.2, 0) is 4.79 Å². The number of nitrogens with two attached hydrogens (primary N) is 1. The predicted octanol–water partition coefficient (Wildman–Crippen LogP) is 1.32. The number of hydrogen-bond acceptors (Lipinski definition) is 3. The van der Waals surface area contributed by atoms with E-state index in [-0.39, 0.29) is 6.54 Å². The maximum Gasteiger partial charge on any atom is 0.317 e. The number of unbranched alkanes of at least 4 members (excludes halogenated alkanes) is 2. The van der Waals surface area contributed by atoms with Crippen LogP contribution in [0.4, 0.5) is 0 Å². The van der Waals surface area contributed by atoms with Crippen LogP contribution in [0, 0.1) is 0 Å². The van der Waals surface area contributed by atoms with Gasteiger partial charge in [-0.1, -0.05) is 19.8 Å². The molecule has 1 unspecified atom stereocenters. The third-order valence-electron chi connectivity index (χ3n) is 1.56. The lowest BCUT2D eigenvalue weighted by Gasteiger charge is -2.07. The summed E-state index contributed by atoms with van der Waals surface area (Å²) in [6, 6.07) is 0. The Morgan fingerprint density at radius 2 is 2.25 bits per heavy atom. The van der Waals surface area contributed by atoms with Crippen molar-refractivity contribution < 1.29 is 9.90 Å². The minimum atomic E-state index is -0.793. The lowest BCUT2D eigenvalue weighted by molar-refractivity contribution is -0.136. The fourth-order valence-electron chi connectivity index (χ4n) is 0.818. The highest BCUT2D eigenvalue weighted by atomic mass is 32.2. The lowest BCUT2D eigenvalue weighted by atomic mass is 10.3. The average Bonchev–Trinajstić information content (AvgIpc) is 2.04. The number of aliphatic carboxylic acids is 1. The molecule has 0 amide bonds. The minimum Gasteiger partial charge on any atom is -0.480 e. The Labute approximate surface area is 77.7 Å². The Hall–Kier alpha value is -0.220. The third kappa shape index (κ3) is 5.43. The van der Waals surface area contributed by atoms with E-state index in [2.05, 4.69) is 6.92 Å². The Kier molecular flexibility index (Phi) is 7.29. The monoisotopic (exact) mass is 191 g/mol. The first-order chi connectivity index (χ1) is 5.72. The van der Waals surface area contributed by atoms with Gasteiger partial charge in [-0.05, 0) is 12.2 Å². The number of carbonyl (C=O) groups is 1. The zero-order valence-corrected chi connectivity index (χ0v) is 8.27. The van der Waals surface area contributed by atoms with Crippen LogP contribution in [0.2, 0.25) is 0 Å². The van der Waals surface area contributed by atoms with Gasteiger partial charge < -0.3 is 10.8 Å². The molecule has 3 N–H and O–H groups in total. The van der Waals surface area contributed by atoms with Crippen molar-refractivity contribution in [2.75, 3.05) is 12.3 Å². The van der Waals surface area contributed by atoms with E-state index in [0.717, 1.165) is 12.2 Å². The normalized spacial score (nSPS) is 12.8. The second-order valence-electron chi connectivity index (χ2n) is 2.64. The summed E-state index contributed by atoms with van der Waals surface area (Å²) in [6.45, 7) is 2.36. The van der Waals surface area contributed by atoms with Gasteiger partial charge in [0.25, 0.3) is 0 Å². The van der Waals surface area contributed by atoms with Gasteiger partial charge in [-0.25, -0.2) is 0 Å². The van der Waals surface area contributed by atoms with E-state index < -0.39 is 11.2 Å². The Morgan fingerprint density at radius 3 is 2.67 bits per heavy atom. The molecule has 1 atom stereocenters. The van der Waals surface area contributed by atoms with Crippen LogP contribution in [0.3, 0.4) is 0 Å². The van der Waals surface area contributed by atoms with E-state index in [1.54, 1.807) is 0 Å². The number of carboxylic acid groups (broad SMARTS) is 1. The molecule has 0 radical (unpaired) electrons. The molecule has 4 heteroatoms. The van der Waals surface area contributed by atoms with Crippen LogP contribution in [0.25, 0.3) is 0 Å². The third-order valence-corrected chi connectivity index (χ3v) is 2.88. The summed E-state index contributed by atoms with van der Waals surface area (Å²) in [7, 11) is 0. The van der Waals surface area contributed by atoms with E-state index >= 15 is 0 Å². The van der Waals surface area contributed by atoms with Gasteiger partial charge in [0.2, 0.25) is 0 Å². The second kappa shape index (κ2) is 7.43. The van der Waals surface area contributed by atoms with Gasteiger partial charge in [-0.2, -0.15) is 0 Å². The van der Waals surface area contributed by atoms with E-state index in [1.807, 2.05) is 0 Å². The zero-order valence-electron chi connectivity index (χ0n) is 7.45. The van der Waals surface area contributed by atoms with Gasteiger partial charge in [0.15, 0.2) is 0 Å². The summed E-state index contributed by atoms with van der Waals surface area (Å²) in [5.41, 5.74) is 5.29. The molecule has 0 saturated heterocycles. The van der Waals surface area contributed by atoms with Gasteiger partial charge in [0.05, 0.1) is 0 Å². The van der Waals surface area contributed by atoms with Crippen molar-refractivity contribution in [3.05, 3.63) is 0 Å². The highest BCUT2D eigenvalue weighted by molar-refractivity contribution is 8.00. The first-order valence-corrected chi connectivity index (χ1v) is 5.31. The number of thioether (sulfide) groups is 1. The Morgan fingerprint density at radius 1 is 1.58 bits per heavy atom. The molecule has 0 rings (SSSR count). The molecular weight excluding hydrogens is 174 g/mol. The molecule has 0 saturated carbocycles. The molecule has 0 spiro atoms. The van der Waals surface area contributed by atoms with Crippen molar-refractivity contribution in [3.8, 4) is 0 Å². The van der Waals surface area contributed by atoms with Crippen LogP contribution in [0.1, 0.15) is 26.2 Å². The average molecular weight is 191 g/mol. The molecule has 12 heavy (non-hydrogen) atoms. The van der Waals surface area contributed by atoms with Crippen LogP contribution >= 0.6 is 11.8 Å². The lowest BCUT2D eigenvalue weighted by Crippen LogP contribution is -2.26. The summed E-state index contributed by atoms with van der Waals surface area (Å²) in [4.78, 5) is 10.5. The second-order valence-corrected chi connectivity index (χ2v) is 3.95. The molecule has 0 fully saturated rings. The molecule has 0 aliphatic rings. The molecule has 0 aliphatic heterocycles. The molecule has 0 aromatic rings. The molecule has 0 aliphatic carbocycles. The molecule has 0 aromatic heterocycles. The number of hydrogen-bond donors (Lipinski definition) is 2. The standard InChI is InChI=1S/C8H17NO2S/c1-2-3-4-5-12-7(6-9)8(10)11/h7H,2-6,9H2,1H3,(H,10,11). The summed E-state index contributed by atoms with van der Waals surface area (Å²) >= 11 is 1.45. The zero-order chi connectivity index (χ0) is 9.40. The SMILES string of the molecule is CCCCCSC(CN)C(=O)O. The Bertz CT molecular complexity index is 130. The van der Waals surface area contributed by atoms with Crippen molar-refractivity contribution in [2.24, 2.45) is 5.73 Å². The largest absolute Gasteiger partial charge is 0.480 e. The van der Waals surface area contributed by atoms with E-state index in [9.17, 15) is 4.79 Å². The Balaban J connectivity index is 3.38. The summed E-state index contributed by atoms with van der Waals surface area (Å²) < 4.78 is 0. The fourth-order valence-corrected chi connectivity index (χ4v) is 1.75. The maximum absolute atomic E-state index is 10.5. The number of rotatable bonds is 7. The minimum absolute atomic E-state index is 0.228. The van der Waals surface area contributed by atoms with Gasteiger partial charge in [-0.15, -0.1) is 11.8 Å². The van der Waals surface area contributed by atoms with Gasteiger partial charge in [0.1, 0.15) is 5.25 Å². The van der Waals surface area contributed by atoms with E-state index in [1.165, 1.54) is 24.6 Å². The van der Waals surface area contributed by atoms with Crippen molar-refractivity contribution >= 4 is 17.7 Å². The van der Waals surface area contributed by atoms with E-state index in [4.69, 9.17) is 10.8 Å². The highest BCUT2D eigenvalue weighted by Gasteiger charge is 2.14. The molecular formula is C8H17NO2S. The van der Waals surface area contributed by atoms with Crippen LogP contribution in [0.5, 0.6) is 0 Å². The van der Waals surface area contributed by atoms with Gasteiger partial charge in [0, 0.05) is 6.54 Å². The first kappa shape index (κ1) is 11.8. The first-order valence-electron chi connectivity index (χ1n) is 4.26. The van der Waals surface area contributed by atoms with Gasteiger partial charge in [-0.3, -0.25) is 4.79 Å². The van der Waals surface area contributed by atoms with Crippen LogP contribution in [-0.4, -0.2) is 28.6 Å². The summed E-state index contributed by atoms with van der Waals surface area (Å²) in [5, 5.41) is 8.21. The smallest absolute Gasteiger partial charge is 0.317 e. The molecule has 0 bridgehead atoms. The molecule has 0 aromatic carbocycles. The van der Waals surface area contributed by atoms with Crippen molar-refractivity contribution in [1.29, 1.82) is 0 Å². The quantitative estimate of drug-likeness (QED) is 0.596. The van der Waals surface area contributed by atoms with Gasteiger partial charge >= 0.3 is 5.97 Å². The molecule has 3 nitrogen and oxygen atoms in total. The number of carboxylic acids is 1. The molecule has 72 valence electrons. The van der Waals surface area contributed by atoms with Crippen LogP contribution in [0.15, 0.2) is 0 Å². The van der Waals surface area contributed by atoms with E-state index in [0.29, 0.717) is 0 Å². The molecule has 0 heterocycles. The summed E-state index contributed by atoms with van der Waals surface area (Å²) in [5.74, 6) is 0.112. The van der Waals surface area contributed by atoms with Crippen molar-refractivity contribution in [1.82, 2.24) is 0 Å². The summed E-state index contributed by atoms with van der Waals surface area (Å²) in [6.07, 6.45) is 3.43. The maximum atomic E-state index is 10.5.